The normalized spacial score (nSPS) is 17.5. The highest BCUT2D eigenvalue weighted by Gasteiger charge is 2.28. The number of hydrogen-bond acceptors (Lipinski definition) is 2. The van der Waals surface area contributed by atoms with Gasteiger partial charge in [0.15, 0.2) is 0 Å². The first-order valence-corrected chi connectivity index (χ1v) is 6.45. The standard InChI is InChI=1S/C13H16ClN3/c1-8(9-5-6-9)7-17-11-4-2-3-10(14)12(11)16-13(17)15/h2-4,8-9H,5-7H2,1H3,(H2,15,16). The van der Waals surface area contributed by atoms with Crippen molar-refractivity contribution >= 4 is 28.6 Å². The lowest BCUT2D eigenvalue weighted by Gasteiger charge is -2.12. The van der Waals surface area contributed by atoms with Gasteiger partial charge in [-0.05, 0) is 36.8 Å². The largest absolute Gasteiger partial charge is 0.369 e. The minimum absolute atomic E-state index is 0.570. The molecule has 0 amide bonds. The van der Waals surface area contributed by atoms with Crippen LogP contribution >= 0.6 is 11.6 Å². The predicted molar refractivity (Wildman–Crippen MR) is 71.0 cm³/mol. The van der Waals surface area contributed by atoms with Gasteiger partial charge in [0.05, 0.1) is 10.5 Å². The molecule has 1 fully saturated rings. The van der Waals surface area contributed by atoms with Crippen molar-refractivity contribution in [3.05, 3.63) is 23.2 Å². The Bertz CT molecular complexity index is 557. The number of imidazole rings is 1. The van der Waals surface area contributed by atoms with Crippen LogP contribution < -0.4 is 5.73 Å². The summed E-state index contributed by atoms with van der Waals surface area (Å²) in [5.74, 6) is 2.10. The fourth-order valence-electron chi connectivity index (χ4n) is 2.42. The fraction of sp³-hybridized carbons (Fsp3) is 0.462. The number of nitrogen functional groups attached to an aromatic ring is 1. The first-order valence-electron chi connectivity index (χ1n) is 6.07. The minimum atomic E-state index is 0.570. The molecule has 1 unspecified atom stereocenters. The number of fused-ring (bicyclic) bond motifs is 1. The summed E-state index contributed by atoms with van der Waals surface area (Å²) in [5.41, 5.74) is 7.84. The molecular formula is C13H16ClN3. The number of aromatic nitrogens is 2. The molecule has 1 aromatic heterocycles. The van der Waals surface area contributed by atoms with Crippen LogP contribution in [-0.4, -0.2) is 9.55 Å². The summed E-state index contributed by atoms with van der Waals surface area (Å²) >= 11 is 6.12. The molecule has 90 valence electrons. The van der Waals surface area contributed by atoms with Crippen LogP contribution in [0.5, 0.6) is 0 Å². The second kappa shape index (κ2) is 3.91. The van der Waals surface area contributed by atoms with Gasteiger partial charge in [-0.15, -0.1) is 0 Å². The first-order chi connectivity index (χ1) is 8.16. The van der Waals surface area contributed by atoms with Crippen LogP contribution in [0.1, 0.15) is 19.8 Å². The molecule has 1 aromatic carbocycles. The van der Waals surface area contributed by atoms with Crippen molar-refractivity contribution < 1.29 is 0 Å². The Morgan fingerprint density at radius 2 is 2.29 bits per heavy atom. The zero-order valence-electron chi connectivity index (χ0n) is 9.86. The third-order valence-corrected chi connectivity index (χ3v) is 3.96. The molecule has 2 aromatic rings. The molecule has 3 nitrogen and oxygen atoms in total. The molecule has 3 rings (SSSR count). The maximum Gasteiger partial charge on any atom is 0.201 e. The summed E-state index contributed by atoms with van der Waals surface area (Å²) in [6.07, 6.45) is 2.71. The summed E-state index contributed by atoms with van der Waals surface area (Å²) < 4.78 is 2.09. The molecule has 2 N–H and O–H groups in total. The molecule has 0 spiro atoms. The monoisotopic (exact) mass is 249 g/mol. The van der Waals surface area contributed by atoms with E-state index in [1.54, 1.807) is 0 Å². The maximum absolute atomic E-state index is 6.12. The van der Waals surface area contributed by atoms with Gasteiger partial charge in [0.1, 0.15) is 5.52 Å². The van der Waals surface area contributed by atoms with Gasteiger partial charge in [0.2, 0.25) is 5.95 Å². The predicted octanol–water partition coefficient (Wildman–Crippen LogP) is 3.32. The van der Waals surface area contributed by atoms with Crippen LogP contribution in [0.4, 0.5) is 5.95 Å². The van der Waals surface area contributed by atoms with Crippen molar-refractivity contribution in [2.45, 2.75) is 26.3 Å². The number of anilines is 1. The number of benzene rings is 1. The Kier molecular flexibility index (Phi) is 2.51. The SMILES string of the molecule is CC(Cn1c(N)nc2c(Cl)cccc21)C1CC1. The second-order valence-electron chi connectivity index (χ2n) is 5.00. The Balaban J connectivity index is 2.02. The highest BCUT2D eigenvalue weighted by Crippen LogP contribution is 2.38. The number of hydrogen-bond donors (Lipinski definition) is 1. The molecule has 1 atom stereocenters. The highest BCUT2D eigenvalue weighted by molar-refractivity contribution is 6.35. The van der Waals surface area contributed by atoms with E-state index in [4.69, 9.17) is 17.3 Å². The van der Waals surface area contributed by atoms with Crippen molar-refractivity contribution in [2.75, 3.05) is 5.73 Å². The lowest BCUT2D eigenvalue weighted by Crippen LogP contribution is -2.11. The van der Waals surface area contributed by atoms with Crippen LogP contribution in [-0.2, 0) is 6.54 Å². The average Bonchev–Trinajstić information content (AvgIpc) is 3.08. The van der Waals surface area contributed by atoms with E-state index in [1.807, 2.05) is 18.2 Å². The van der Waals surface area contributed by atoms with Crippen LogP contribution in [0, 0.1) is 11.8 Å². The number of halogens is 1. The van der Waals surface area contributed by atoms with E-state index in [0.717, 1.165) is 23.5 Å². The van der Waals surface area contributed by atoms with Crippen LogP contribution in [0.15, 0.2) is 18.2 Å². The first kappa shape index (κ1) is 10.9. The maximum atomic E-state index is 6.12. The van der Waals surface area contributed by atoms with E-state index >= 15 is 0 Å². The highest BCUT2D eigenvalue weighted by atomic mass is 35.5. The molecule has 0 radical (unpaired) electrons. The Labute approximate surface area is 106 Å². The number of nitrogens with two attached hydrogens (primary N) is 1. The summed E-state index contributed by atoms with van der Waals surface area (Å²) in [5, 5.41) is 0.673. The number of nitrogens with zero attached hydrogens (tertiary/aromatic N) is 2. The van der Waals surface area contributed by atoms with Crippen molar-refractivity contribution in [1.82, 2.24) is 9.55 Å². The summed E-state index contributed by atoms with van der Waals surface area (Å²) in [4.78, 5) is 4.35. The van der Waals surface area contributed by atoms with Crippen molar-refractivity contribution in [1.29, 1.82) is 0 Å². The Hall–Kier alpha value is -1.22. The Morgan fingerprint density at radius 3 is 3.00 bits per heavy atom. The van der Waals surface area contributed by atoms with E-state index in [9.17, 15) is 0 Å². The molecule has 1 heterocycles. The van der Waals surface area contributed by atoms with Crippen LogP contribution in [0.3, 0.4) is 0 Å². The number of rotatable bonds is 3. The quantitative estimate of drug-likeness (QED) is 0.907. The molecule has 0 aliphatic heterocycles. The van der Waals surface area contributed by atoms with Crippen molar-refractivity contribution in [3.63, 3.8) is 0 Å². The van der Waals surface area contributed by atoms with Crippen molar-refractivity contribution in [2.24, 2.45) is 11.8 Å². The van der Waals surface area contributed by atoms with Crippen LogP contribution in [0.2, 0.25) is 5.02 Å². The molecule has 0 saturated heterocycles. The van der Waals surface area contributed by atoms with Gasteiger partial charge in [-0.1, -0.05) is 24.6 Å². The fourth-order valence-corrected chi connectivity index (χ4v) is 2.64. The zero-order valence-corrected chi connectivity index (χ0v) is 10.6. The molecular weight excluding hydrogens is 234 g/mol. The van der Waals surface area contributed by atoms with Gasteiger partial charge >= 0.3 is 0 Å². The third-order valence-electron chi connectivity index (χ3n) is 3.66. The van der Waals surface area contributed by atoms with Gasteiger partial charge in [0, 0.05) is 6.54 Å². The van der Waals surface area contributed by atoms with Gasteiger partial charge < -0.3 is 10.3 Å². The van der Waals surface area contributed by atoms with Gasteiger partial charge in [-0.3, -0.25) is 0 Å². The zero-order chi connectivity index (χ0) is 12.0. The van der Waals surface area contributed by atoms with E-state index in [1.165, 1.54) is 12.8 Å². The summed E-state index contributed by atoms with van der Waals surface area (Å²) in [6.45, 7) is 3.22. The number of para-hydroxylation sites is 1. The van der Waals surface area contributed by atoms with Crippen LogP contribution in [0.25, 0.3) is 11.0 Å². The minimum Gasteiger partial charge on any atom is -0.369 e. The van der Waals surface area contributed by atoms with Crippen molar-refractivity contribution in [3.8, 4) is 0 Å². The summed E-state index contributed by atoms with van der Waals surface area (Å²) in [6, 6.07) is 5.83. The second-order valence-corrected chi connectivity index (χ2v) is 5.41. The lowest BCUT2D eigenvalue weighted by atomic mass is 10.1. The summed E-state index contributed by atoms with van der Waals surface area (Å²) in [7, 11) is 0. The van der Waals surface area contributed by atoms with E-state index in [0.29, 0.717) is 16.9 Å². The van der Waals surface area contributed by atoms with Gasteiger partial charge in [-0.2, -0.15) is 0 Å². The third kappa shape index (κ3) is 1.89. The molecule has 1 aliphatic carbocycles. The lowest BCUT2D eigenvalue weighted by molar-refractivity contribution is 0.439. The molecule has 1 aliphatic rings. The van der Waals surface area contributed by atoms with E-state index < -0.39 is 0 Å². The Morgan fingerprint density at radius 1 is 1.53 bits per heavy atom. The average molecular weight is 250 g/mol. The smallest absolute Gasteiger partial charge is 0.201 e. The molecule has 4 heteroatoms. The van der Waals surface area contributed by atoms with E-state index in [-0.39, 0.29) is 0 Å². The molecule has 0 bridgehead atoms. The topological polar surface area (TPSA) is 43.8 Å². The molecule has 17 heavy (non-hydrogen) atoms. The van der Waals surface area contributed by atoms with Gasteiger partial charge in [-0.25, -0.2) is 4.98 Å². The van der Waals surface area contributed by atoms with E-state index in [2.05, 4.69) is 16.5 Å². The molecule has 1 saturated carbocycles. The van der Waals surface area contributed by atoms with Gasteiger partial charge in [0.25, 0.3) is 0 Å².